The second-order valence-corrected chi connectivity index (χ2v) is 12.0. The summed E-state index contributed by atoms with van der Waals surface area (Å²) in [5, 5.41) is 0. The summed E-state index contributed by atoms with van der Waals surface area (Å²) in [5.74, 6) is -0.527. The third-order valence-corrected chi connectivity index (χ3v) is 8.46. The highest BCUT2D eigenvalue weighted by Crippen LogP contribution is 2.29. The average Bonchev–Trinajstić information content (AvgIpc) is 3.87. The molecule has 2 aliphatic rings. The van der Waals surface area contributed by atoms with E-state index in [9.17, 15) is 10.2 Å². The summed E-state index contributed by atoms with van der Waals surface area (Å²) >= 11 is 0. The first-order chi connectivity index (χ1) is 23.8. The van der Waals surface area contributed by atoms with E-state index in [0.29, 0.717) is 37.6 Å². The van der Waals surface area contributed by atoms with E-state index in [4.69, 9.17) is 19.4 Å². The zero-order chi connectivity index (χ0) is 33.9. The standard InChI is InChI=1S/C40H36F2N4O2/c1-25(47-17-15-27-3-7-29(41)8-4-27)37-21-35-20-33-12-11-31(43-33)19-32-13-14-34(44-32)23-39-38(22-36(46-39)24-40(37)45-35)26(2)48-18-16-28-5-9-30(42)10-6-28/h3-14,19-26,45-46H,15-18H2,1-2H3/i21D. The van der Waals surface area contributed by atoms with Gasteiger partial charge in [-0.25, -0.2) is 18.7 Å². The highest BCUT2D eigenvalue weighted by Gasteiger charge is 2.15. The summed E-state index contributed by atoms with van der Waals surface area (Å²) in [6.45, 7) is 4.83. The Bertz CT molecular complexity index is 2200. The molecule has 8 heteroatoms. The maximum absolute atomic E-state index is 13.4. The second kappa shape index (κ2) is 13.9. The first-order valence-electron chi connectivity index (χ1n) is 16.6. The highest BCUT2D eigenvalue weighted by molar-refractivity contribution is 5.79. The van der Waals surface area contributed by atoms with Gasteiger partial charge in [-0.2, -0.15) is 0 Å². The molecular formula is C40H36F2N4O2. The zero-order valence-corrected chi connectivity index (χ0v) is 26.8. The van der Waals surface area contributed by atoms with Crippen LogP contribution < -0.4 is 0 Å². The number of H-pyrrole nitrogens is 2. The van der Waals surface area contributed by atoms with Crippen LogP contribution in [0.5, 0.6) is 0 Å². The minimum absolute atomic E-state index is 0.257. The predicted octanol–water partition coefficient (Wildman–Crippen LogP) is 9.57. The van der Waals surface area contributed by atoms with Gasteiger partial charge in [0.1, 0.15) is 11.6 Å². The Balaban J connectivity index is 1.28. The number of rotatable bonds is 10. The van der Waals surface area contributed by atoms with Gasteiger partial charge in [0.2, 0.25) is 0 Å². The SMILES string of the molecule is [2H]c1c(C(C)OCCc2ccc(F)cc2)c2cc3cc(C(C)OCCc4ccc(F)cc4)c(cc4nc(cc5nc(cc1[nH]2)C=C5)C=C4)[nH]3. The second-order valence-electron chi connectivity index (χ2n) is 12.0. The van der Waals surface area contributed by atoms with Crippen LogP contribution in [-0.4, -0.2) is 33.1 Å². The number of hydrogen-bond acceptors (Lipinski definition) is 4. The number of hydrogen-bond donors (Lipinski definition) is 2. The molecule has 5 aromatic rings. The van der Waals surface area contributed by atoms with Crippen LogP contribution in [0.1, 0.15) is 72.5 Å². The van der Waals surface area contributed by atoms with Gasteiger partial charge in [-0.1, -0.05) is 24.3 Å². The van der Waals surface area contributed by atoms with Crippen molar-refractivity contribution in [2.24, 2.45) is 0 Å². The van der Waals surface area contributed by atoms with Gasteiger partial charge in [-0.05, 0) is 123 Å². The van der Waals surface area contributed by atoms with Crippen LogP contribution in [0.3, 0.4) is 0 Å². The summed E-state index contributed by atoms with van der Waals surface area (Å²) in [6, 6.07) is 23.1. The van der Waals surface area contributed by atoms with E-state index < -0.39 is 6.10 Å². The predicted molar refractivity (Wildman–Crippen MR) is 188 cm³/mol. The van der Waals surface area contributed by atoms with E-state index in [1.54, 1.807) is 24.3 Å². The van der Waals surface area contributed by atoms with Gasteiger partial charge < -0.3 is 19.4 Å². The molecule has 0 aliphatic carbocycles. The van der Waals surface area contributed by atoms with E-state index in [0.717, 1.165) is 61.6 Å². The molecule has 3 aromatic heterocycles. The van der Waals surface area contributed by atoms with Crippen LogP contribution in [0, 0.1) is 11.6 Å². The van der Waals surface area contributed by atoms with Crippen molar-refractivity contribution in [1.29, 1.82) is 0 Å². The average molecular weight is 644 g/mol. The van der Waals surface area contributed by atoms with Crippen molar-refractivity contribution in [1.82, 2.24) is 19.9 Å². The monoisotopic (exact) mass is 643 g/mol. The molecule has 2 N–H and O–H groups in total. The van der Waals surface area contributed by atoms with Crippen LogP contribution in [0.2, 0.25) is 0 Å². The summed E-state index contributed by atoms with van der Waals surface area (Å²) in [5.41, 5.74) is 9.80. The van der Waals surface area contributed by atoms with E-state index in [2.05, 4.69) is 16.0 Å². The summed E-state index contributed by atoms with van der Waals surface area (Å²) in [6.07, 6.45) is 8.40. The minimum atomic E-state index is -0.406. The van der Waals surface area contributed by atoms with Crippen molar-refractivity contribution in [3.63, 3.8) is 0 Å². The van der Waals surface area contributed by atoms with E-state index in [-0.39, 0.29) is 17.7 Å². The first-order valence-corrected chi connectivity index (χ1v) is 16.1. The maximum atomic E-state index is 13.4. The van der Waals surface area contributed by atoms with Gasteiger partial charge in [-0.3, -0.25) is 0 Å². The van der Waals surface area contributed by atoms with Crippen molar-refractivity contribution in [2.75, 3.05) is 13.2 Å². The summed E-state index contributed by atoms with van der Waals surface area (Å²) in [7, 11) is 0. The minimum Gasteiger partial charge on any atom is -0.373 e. The number of ether oxygens (including phenoxy) is 2. The number of benzene rings is 2. The Kier molecular flexibility index (Phi) is 8.73. The van der Waals surface area contributed by atoms with Gasteiger partial charge in [-0.15, -0.1) is 0 Å². The van der Waals surface area contributed by atoms with Crippen LogP contribution >= 0.6 is 0 Å². The molecule has 0 spiro atoms. The molecule has 0 saturated heterocycles. The molecule has 7 rings (SSSR count). The van der Waals surface area contributed by atoms with E-state index in [1.807, 2.05) is 62.4 Å². The molecule has 2 aromatic carbocycles. The van der Waals surface area contributed by atoms with Gasteiger partial charge in [0, 0.05) is 33.2 Å². The van der Waals surface area contributed by atoms with Gasteiger partial charge in [0.05, 0.1) is 49.6 Å². The first kappa shape index (κ1) is 30.2. The van der Waals surface area contributed by atoms with Gasteiger partial charge in [0.25, 0.3) is 0 Å². The molecular weight excluding hydrogens is 606 g/mol. The fraction of sp³-hybridized carbons (Fsp3) is 0.200. The van der Waals surface area contributed by atoms with E-state index >= 15 is 0 Å². The topological polar surface area (TPSA) is 75.8 Å². The largest absolute Gasteiger partial charge is 0.373 e. The van der Waals surface area contributed by atoms with Crippen molar-refractivity contribution in [3.05, 3.63) is 142 Å². The van der Waals surface area contributed by atoms with Crippen LogP contribution in [0.15, 0.2) is 84.9 Å². The number of aromatic nitrogens is 4. The molecule has 0 saturated carbocycles. The highest BCUT2D eigenvalue weighted by atomic mass is 19.1. The molecule has 8 bridgehead atoms. The molecule has 6 nitrogen and oxygen atoms in total. The molecule has 242 valence electrons. The van der Waals surface area contributed by atoms with Crippen molar-refractivity contribution in [2.45, 2.75) is 38.9 Å². The normalized spacial score (nSPS) is 13.9. The Morgan fingerprint density at radius 2 is 1.08 bits per heavy atom. The Morgan fingerprint density at radius 1 is 0.604 bits per heavy atom. The van der Waals surface area contributed by atoms with Gasteiger partial charge in [0.15, 0.2) is 0 Å². The number of halogens is 2. The third kappa shape index (κ3) is 7.51. The number of nitrogens with one attached hydrogen (secondary N) is 2. The Hall–Kier alpha value is -5.18. The molecule has 0 radical (unpaired) electrons. The summed E-state index contributed by atoms with van der Waals surface area (Å²) < 4.78 is 48.5. The lowest BCUT2D eigenvalue weighted by molar-refractivity contribution is 0.0690. The summed E-state index contributed by atoms with van der Waals surface area (Å²) in [4.78, 5) is 16.6. The van der Waals surface area contributed by atoms with Crippen LogP contribution in [0.25, 0.3) is 46.4 Å². The van der Waals surface area contributed by atoms with E-state index in [1.165, 1.54) is 24.3 Å². The lowest BCUT2D eigenvalue weighted by Gasteiger charge is -2.12. The molecule has 2 atom stereocenters. The molecule has 48 heavy (non-hydrogen) atoms. The number of aromatic amines is 2. The van der Waals surface area contributed by atoms with Crippen molar-refractivity contribution in [3.8, 4) is 0 Å². The smallest absolute Gasteiger partial charge is 0.123 e. The fourth-order valence-corrected chi connectivity index (χ4v) is 5.90. The molecule has 2 aliphatic heterocycles. The Labute approximate surface area is 279 Å². The molecule has 5 heterocycles. The molecule has 0 fully saturated rings. The fourth-order valence-electron chi connectivity index (χ4n) is 5.90. The lowest BCUT2D eigenvalue weighted by Crippen LogP contribution is -2.03. The van der Waals surface area contributed by atoms with Crippen molar-refractivity contribution >= 4 is 46.4 Å². The zero-order valence-electron chi connectivity index (χ0n) is 27.8. The maximum Gasteiger partial charge on any atom is 0.123 e. The number of nitrogens with zero attached hydrogens (tertiary/aromatic N) is 2. The third-order valence-electron chi connectivity index (χ3n) is 8.46. The lowest BCUT2D eigenvalue weighted by atomic mass is 10.1. The van der Waals surface area contributed by atoms with Crippen LogP contribution in [0.4, 0.5) is 8.78 Å². The van der Waals surface area contributed by atoms with Crippen LogP contribution in [-0.2, 0) is 22.3 Å². The molecule has 2 unspecified atom stereocenters. The molecule has 0 amide bonds. The Morgan fingerprint density at radius 3 is 1.67 bits per heavy atom. The quantitative estimate of drug-likeness (QED) is 0.156. The van der Waals surface area contributed by atoms with Gasteiger partial charge >= 0.3 is 0 Å². The van der Waals surface area contributed by atoms with Crippen molar-refractivity contribution < 1.29 is 19.6 Å². The number of fused-ring (bicyclic) bond motifs is 8.